The van der Waals surface area contributed by atoms with Gasteiger partial charge in [0.05, 0.1) is 36.4 Å². The number of carbonyl (C=O) groups is 4. The highest BCUT2D eigenvalue weighted by atomic mass is 35.5. The zero-order valence-corrected chi connectivity index (χ0v) is 55.3. The first-order valence-electron chi connectivity index (χ1n) is 30.4. The van der Waals surface area contributed by atoms with Gasteiger partial charge in [-0.15, -0.1) is 11.8 Å². The third-order valence-electron chi connectivity index (χ3n) is 16.6. The number of allylic oxidation sites excluding steroid dienone is 1. The molecule has 4 aliphatic rings. The molecule has 1 aliphatic carbocycles. The largest absolute Gasteiger partial charge is 0.501 e. The summed E-state index contributed by atoms with van der Waals surface area (Å²) in [5, 5.41) is 3.71. The summed E-state index contributed by atoms with van der Waals surface area (Å²) in [6, 6.07) is 30.9. The smallest absolute Gasteiger partial charge is 0.461 e. The minimum atomic E-state index is -6.27. The number of morpholine rings is 1. The van der Waals surface area contributed by atoms with E-state index in [9.17, 15) is 36.0 Å². The number of amides is 1. The highest BCUT2D eigenvalue weighted by Crippen LogP contribution is 2.44. The van der Waals surface area contributed by atoms with E-state index in [1.165, 1.54) is 71.8 Å². The Bertz CT molecular complexity index is 3670. The first kappa shape index (κ1) is 69.6. The highest BCUT2D eigenvalue weighted by Gasteiger charge is 2.52. The van der Waals surface area contributed by atoms with Crippen molar-refractivity contribution in [2.24, 2.45) is 5.41 Å². The molecule has 0 radical (unpaired) electrons. The maximum atomic E-state index is 15.3. The Morgan fingerprint density at radius 2 is 1.40 bits per heavy atom. The normalized spacial score (nSPS) is 21.2. The Hall–Kier alpha value is -6.71. The Labute approximate surface area is 544 Å². The molecule has 92 heavy (non-hydrogen) atoms. The summed E-state index contributed by atoms with van der Waals surface area (Å²) in [7, 11) is -11.5. The average Bonchev–Trinajstić information content (AvgIpc) is 0.773. The number of sulfonamides is 1. The molecule has 0 spiro atoms. The molecule has 5 aromatic rings. The van der Waals surface area contributed by atoms with Crippen LogP contribution >= 0.6 is 23.4 Å². The Morgan fingerprint density at radius 3 is 2.03 bits per heavy atom. The number of nitrogens with one attached hydrogen (secondary N) is 1. The van der Waals surface area contributed by atoms with Crippen LogP contribution in [0.15, 0.2) is 142 Å². The number of piperazine rings is 1. The van der Waals surface area contributed by atoms with Gasteiger partial charge in [0, 0.05) is 106 Å². The number of nitrogens with zero attached hydrogens (tertiary/aromatic N) is 4. The van der Waals surface area contributed by atoms with Crippen molar-refractivity contribution in [2.45, 2.75) is 131 Å². The van der Waals surface area contributed by atoms with E-state index in [1.807, 2.05) is 42.5 Å². The molecule has 496 valence electrons. The SMILES string of the molecule is CC(=O)O[C@H]1[C@H](OC(C)=O)[C@H](Oc2ccc(CN(C(=O)c3ccc(N4CCN(CC5=C(c6ccc(Cl)cc6)CCC(C)(C)C5)CC4)cc3)S(=O)(=O)c3ccc(NC(CCN4CCOCC4)CSc4ccccc4)c(S(=O)(=O)C(F)(F)F)c3)cc2)O[C@@H](C)[C@H]1OC(C)=O. The van der Waals surface area contributed by atoms with Gasteiger partial charge in [-0.25, -0.2) is 21.1 Å². The minimum absolute atomic E-state index is 0.0426. The number of thioether (sulfide) groups is 1. The van der Waals surface area contributed by atoms with Crippen molar-refractivity contribution in [2.75, 3.05) is 81.5 Å². The average molecular weight is 1350 g/mol. The zero-order chi connectivity index (χ0) is 66.1. The lowest BCUT2D eigenvalue weighted by Gasteiger charge is -2.43. The standard InChI is InChI=1S/C66H77ClF3N5O14S3/c1-43-60(86-44(2)76)61(87-45(3)77)62(88-46(4)78)64(85-43)89-54-22-12-47(13-23-54)40-75(63(79)49-16-20-53(21-17-49)74-32-30-73(31-33-74)41-50-39-65(5,6)28-26-57(50)48-14-18-51(67)19-15-48)92(82,83)56-24-25-58(59(38-56)91(80,81)66(68,69)70)71-52(27-29-72-34-36-84-37-35-72)42-90-55-10-8-7-9-11-55/h7-25,38,43,52,60-62,64,71H,26-37,39-42H2,1-6H3/t43-,52?,60+,61+,62-,64-/m0/s1. The van der Waals surface area contributed by atoms with Crippen molar-refractivity contribution in [3.05, 3.63) is 149 Å². The van der Waals surface area contributed by atoms with Crippen molar-refractivity contribution in [1.29, 1.82) is 0 Å². The van der Waals surface area contributed by atoms with Crippen molar-refractivity contribution < 1.29 is 77.6 Å². The maximum Gasteiger partial charge on any atom is 0.501 e. The molecule has 26 heteroatoms. The molecule has 3 heterocycles. The van der Waals surface area contributed by atoms with Gasteiger partial charge in [0.25, 0.3) is 25.8 Å². The van der Waals surface area contributed by atoms with Crippen LogP contribution in [0.1, 0.15) is 88.7 Å². The molecule has 0 saturated carbocycles. The van der Waals surface area contributed by atoms with Gasteiger partial charge >= 0.3 is 23.4 Å². The molecule has 0 aromatic heterocycles. The number of alkyl halides is 3. The van der Waals surface area contributed by atoms with E-state index in [2.05, 4.69) is 46.0 Å². The van der Waals surface area contributed by atoms with Crippen molar-refractivity contribution in [3.63, 3.8) is 0 Å². The van der Waals surface area contributed by atoms with Gasteiger partial charge in [0.2, 0.25) is 12.4 Å². The molecule has 3 fully saturated rings. The lowest BCUT2D eigenvalue weighted by Crippen LogP contribution is -2.62. The van der Waals surface area contributed by atoms with E-state index < -0.39 is 108 Å². The number of rotatable bonds is 23. The molecule has 3 aliphatic heterocycles. The van der Waals surface area contributed by atoms with E-state index >= 15 is 13.2 Å². The number of anilines is 2. The fourth-order valence-electron chi connectivity index (χ4n) is 11.8. The van der Waals surface area contributed by atoms with Crippen LogP contribution in [0.4, 0.5) is 24.5 Å². The molecule has 9 rings (SSSR count). The number of ether oxygens (including phenoxy) is 6. The van der Waals surface area contributed by atoms with Gasteiger partial charge in [0.15, 0.2) is 12.2 Å². The number of benzene rings is 5. The lowest BCUT2D eigenvalue weighted by atomic mass is 9.73. The third kappa shape index (κ3) is 17.7. The van der Waals surface area contributed by atoms with Crippen LogP contribution in [-0.2, 0) is 64.5 Å². The number of hydrogen-bond acceptors (Lipinski definition) is 19. The molecular weight excluding hydrogens is 1280 g/mol. The van der Waals surface area contributed by atoms with Gasteiger partial charge in [-0.2, -0.15) is 13.2 Å². The number of carbonyl (C=O) groups excluding carboxylic acids is 4. The lowest BCUT2D eigenvalue weighted by molar-refractivity contribution is -0.280. The minimum Gasteiger partial charge on any atom is -0.461 e. The van der Waals surface area contributed by atoms with E-state index in [-0.39, 0.29) is 28.0 Å². The van der Waals surface area contributed by atoms with Crippen LogP contribution in [0.25, 0.3) is 5.57 Å². The van der Waals surface area contributed by atoms with Gasteiger partial charge < -0.3 is 38.6 Å². The predicted octanol–water partition coefficient (Wildman–Crippen LogP) is 10.7. The van der Waals surface area contributed by atoms with E-state index in [4.69, 9.17) is 40.0 Å². The van der Waals surface area contributed by atoms with Crippen LogP contribution in [0.2, 0.25) is 5.02 Å². The monoisotopic (exact) mass is 1350 g/mol. The van der Waals surface area contributed by atoms with Crippen molar-refractivity contribution in [3.8, 4) is 5.75 Å². The van der Waals surface area contributed by atoms with Crippen LogP contribution < -0.4 is 15.0 Å². The zero-order valence-electron chi connectivity index (χ0n) is 52.1. The molecule has 19 nitrogen and oxygen atoms in total. The van der Waals surface area contributed by atoms with E-state index in [0.717, 1.165) is 82.4 Å². The summed E-state index contributed by atoms with van der Waals surface area (Å²) in [5.41, 5.74) is -1.48. The number of halogens is 4. The summed E-state index contributed by atoms with van der Waals surface area (Å²) in [6.45, 7) is 15.0. The summed E-state index contributed by atoms with van der Waals surface area (Å²) >= 11 is 7.66. The Morgan fingerprint density at radius 1 is 0.772 bits per heavy atom. The number of sulfone groups is 1. The first-order valence-corrected chi connectivity index (χ1v) is 34.7. The molecule has 1 amide bonds. The Kier molecular flexibility index (Phi) is 22.8. The summed E-state index contributed by atoms with van der Waals surface area (Å²) in [4.78, 5) is 57.2. The summed E-state index contributed by atoms with van der Waals surface area (Å²) in [6.07, 6.45) is -3.16. The van der Waals surface area contributed by atoms with Crippen LogP contribution in [0.5, 0.6) is 5.75 Å². The van der Waals surface area contributed by atoms with Crippen molar-refractivity contribution in [1.82, 2.24) is 14.1 Å². The second-order valence-electron chi connectivity index (χ2n) is 24.1. The molecule has 6 atom stereocenters. The van der Waals surface area contributed by atoms with Crippen molar-refractivity contribution >= 4 is 84.0 Å². The second-order valence-corrected chi connectivity index (χ2v) is 29.4. The van der Waals surface area contributed by atoms with Gasteiger partial charge in [0.1, 0.15) is 10.6 Å². The molecule has 1 unspecified atom stereocenters. The van der Waals surface area contributed by atoms with Crippen LogP contribution in [0, 0.1) is 5.41 Å². The maximum absolute atomic E-state index is 15.3. The molecule has 1 N–H and O–H groups in total. The van der Waals surface area contributed by atoms with E-state index in [1.54, 1.807) is 12.1 Å². The number of esters is 3. The molecular formula is C66H77ClF3N5O14S3. The van der Waals surface area contributed by atoms with Gasteiger partial charge in [-0.1, -0.05) is 73.5 Å². The third-order valence-corrected chi connectivity index (χ3v) is 21.3. The van der Waals surface area contributed by atoms with Gasteiger partial charge in [-0.05, 0) is 134 Å². The van der Waals surface area contributed by atoms with Gasteiger partial charge in [-0.3, -0.25) is 29.0 Å². The molecule has 0 bridgehead atoms. The second kappa shape index (κ2) is 30.1. The quantitative estimate of drug-likeness (QED) is 0.0365. The van der Waals surface area contributed by atoms with Crippen LogP contribution in [0.3, 0.4) is 0 Å². The fourth-order valence-corrected chi connectivity index (χ4v) is 15.4. The summed E-state index contributed by atoms with van der Waals surface area (Å²) < 4.78 is 137. The fraction of sp³-hybridized carbons (Fsp3) is 0.455. The molecule has 5 aromatic carbocycles. The predicted molar refractivity (Wildman–Crippen MR) is 342 cm³/mol. The number of hydrogen-bond donors (Lipinski definition) is 1. The van der Waals surface area contributed by atoms with E-state index in [0.29, 0.717) is 67.8 Å². The summed E-state index contributed by atoms with van der Waals surface area (Å²) in [5.74, 6) is -3.10. The topological polar surface area (TPSA) is 217 Å². The Balaban J connectivity index is 1.01. The highest BCUT2D eigenvalue weighted by molar-refractivity contribution is 7.99. The molecule has 3 saturated heterocycles. The first-order chi connectivity index (χ1) is 43.6. The van der Waals surface area contributed by atoms with Crippen LogP contribution in [-0.4, -0.2) is 168 Å².